The number of hydrogen-bond donors (Lipinski definition) is 1. The summed E-state index contributed by atoms with van der Waals surface area (Å²) < 4.78 is 21.4. The Labute approximate surface area is 108 Å². The molecular weight excluding hydrogens is 235 g/mol. The number of nitrogens with two attached hydrogens (primary N) is 1. The van der Waals surface area contributed by atoms with E-state index in [2.05, 4.69) is 17.0 Å². The Morgan fingerprint density at radius 2 is 2.33 bits per heavy atom. The zero-order chi connectivity index (χ0) is 13.4. The zero-order valence-corrected chi connectivity index (χ0v) is 11.2. The van der Waals surface area contributed by atoms with Crippen LogP contribution < -0.4 is 5.73 Å². The highest BCUT2D eigenvalue weighted by Crippen LogP contribution is 2.23. The van der Waals surface area contributed by atoms with Gasteiger partial charge in [-0.15, -0.1) is 0 Å². The lowest BCUT2D eigenvalue weighted by atomic mass is 9.96. The van der Waals surface area contributed by atoms with Crippen molar-refractivity contribution in [2.45, 2.75) is 44.8 Å². The molecule has 1 aromatic heterocycles. The Kier molecular flexibility index (Phi) is 6.21. The zero-order valence-electron chi connectivity index (χ0n) is 11.2. The van der Waals surface area contributed by atoms with Crippen molar-refractivity contribution in [3.05, 3.63) is 12.2 Å². The summed E-state index contributed by atoms with van der Waals surface area (Å²) in [4.78, 5) is 4.14. The van der Waals surface area contributed by atoms with E-state index in [1.165, 1.54) is 13.4 Å². The Morgan fingerprint density at radius 1 is 1.56 bits per heavy atom. The Balaban J connectivity index is 2.72. The van der Waals surface area contributed by atoms with Gasteiger partial charge in [-0.1, -0.05) is 6.92 Å². The molecule has 0 bridgehead atoms. The minimum atomic E-state index is -1.41. The summed E-state index contributed by atoms with van der Waals surface area (Å²) in [5, 5.41) is 4.10. The molecule has 0 amide bonds. The second-order valence-corrected chi connectivity index (χ2v) is 4.55. The maximum atomic E-state index is 14.7. The molecule has 1 aromatic rings. The second-order valence-electron chi connectivity index (χ2n) is 4.55. The van der Waals surface area contributed by atoms with Crippen LogP contribution in [0.2, 0.25) is 0 Å². The fraction of sp³-hybridized carbons (Fsp3) is 0.833. The molecule has 0 aromatic carbocycles. The summed E-state index contributed by atoms with van der Waals surface area (Å²) in [6.45, 7) is 3.36. The molecule has 2 N–H and O–H groups in total. The van der Waals surface area contributed by atoms with Crippen LogP contribution in [0.15, 0.2) is 6.33 Å². The van der Waals surface area contributed by atoms with Gasteiger partial charge in [-0.05, 0) is 25.8 Å². The third kappa shape index (κ3) is 4.34. The first kappa shape index (κ1) is 15.0. The molecule has 104 valence electrons. The molecule has 6 heteroatoms. The molecule has 5 nitrogen and oxygen atoms in total. The number of methoxy groups -OCH3 is 1. The Bertz CT molecular complexity index is 345. The number of hydrogen-bond acceptors (Lipinski definition) is 4. The van der Waals surface area contributed by atoms with Crippen molar-refractivity contribution >= 4 is 0 Å². The van der Waals surface area contributed by atoms with Crippen molar-refractivity contribution in [1.82, 2.24) is 14.8 Å². The van der Waals surface area contributed by atoms with E-state index in [1.54, 1.807) is 4.68 Å². The molecule has 0 aliphatic carbocycles. The maximum absolute atomic E-state index is 14.7. The van der Waals surface area contributed by atoms with Gasteiger partial charge in [0.05, 0.1) is 6.61 Å². The molecule has 1 atom stereocenters. The largest absolute Gasteiger partial charge is 0.381 e. The quantitative estimate of drug-likeness (QED) is 0.725. The van der Waals surface area contributed by atoms with Crippen LogP contribution >= 0.6 is 0 Å². The van der Waals surface area contributed by atoms with Crippen LogP contribution in [-0.4, -0.2) is 40.7 Å². The molecule has 0 radical (unpaired) electrons. The van der Waals surface area contributed by atoms with Gasteiger partial charge in [-0.25, -0.2) is 14.1 Å². The van der Waals surface area contributed by atoms with Crippen LogP contribution in [0.25, 0.3) is 0 Å². The molecule has 1 unspecified atom stereocenters. The fourth-order valence-electron chi connectivity index (χ4n) is 2.00. The first-order valence-electron chi connectivity index (χ1n) is 6.40. The summed E-state index contributed by atoms with van der Waals surface area (Å²) >= 11 is 0. The number of rotatable bonds is 9. The highest BCUT2D eigenvalue weighted by molar-refractivity contribution is 4.95. The monoisotopic (exact) mass is 258 g/mol. The first-order chi connectivity index (χ1) is 8.65. The van der Waals surface area contributed by atoms with E-state index in [0.29, 0.717) is 25.2 Å². The predicted molar refractivity (Wildman–Crippen MR) is 68.0 cm³/mol. The maximum Gasteiger partial charge on any atom is 0.141 e. The summed E-state index contributed by atoms with van der Waals surface area (Å²) in [5.74, 6) is 0.674. The highest BCUT2D eigenvalue weighted by Gasteiger charge is 2.31. The van der Waals surface area contributed by atoms with Gasteiger partial charge >= 0.3 is 0 Å². The molecule has 18 heavy (non-hydrogen) atoms. The van der Waals surface area contributed by atoms with Gasteiger partial charge in [0.2, 0.25) is 0 Å². The number of aromatic nitrogens is 3. The third-order valence-electron chi connectivity index (χ3n) is 2.84. The average molecular weight is 258 g/mol. The lowest BCUT2D eigenvalue weighted by molar-refractivity contribution is 0.0312. The minimum Gasteiger partial charge on any atom is -0.381 e. The molecule has 0 spiro atoms. The first-order valence-corrected chi connectivity index (χ1v) is 6.40. The molecule has 0 saturated heterocycles. The van der Waals surface area contributed by atoms with Crippen molar-refractivity contribution in [1.29, 1.82) is 0 Å². The van der Waals surface area contributed by atoms with Gasteiger partial charge < -0.3 is 10.5 Å². The van der Waals surface area contributed by atoms with Crippen molar-refractivity contribution in [2.75, 3.05) is 20.3 Å². The van der Waals surface area contributed by atoms with E-state index in [1.807, 2.05) is 0 Å². The fourth-order valence-corrected chi connectivity index (χ4v) is 2.00. The molecule has 0 aliphatic rings. The normalized spacial score (nSPS) is 14.7. The van der Waals surface area contributed by atoms with Crippen molar-refractivity contribution < 1.29 is 9.13 Å². The smallest absolute Gasteiger partial charge is 0.141 e. The number of alkyl halides is 1. The molecule has 1 heterocycles. The van der Waals surface area contributed by atoms with Crippen LogP contribution in [0, 0.1) is 0 Å². The van der Waals surface area contributed by atoms with Crippen molar-refractivity contribution in [3.63, 3.8) is 0 Å². The molecule has 0 aliphatic heterocycles. The van der Waals surface area contributed by atoms with Crippen LogP contribution in [0.4, 0.5) is 4.39 Å². The van der Waals surface area contributed by atoms with E-state index in [4.69, 9.17) is 10.5 Å². The van der Waals surface area contributed by atoms with Gasteiger partial charge in [0, 0.05) is 20.1 Å². The summed E-state index contributed by atoms with van der Waals surface area (Å²) in [6.07, 6.45) is 3.67. The minimum absolute atomic E-state index is 0.0615. The van der Waals surface area contributed by atoms with E-state index < -0.39 is 5.67 Å². The summed E-state index contributed by atoms with van der Waals surface area (Å²) in [7, 11) is 1.51. The van der Waals surface area contributed by atoms with E-state index in [-0.39, 0.29) is 13.0 Å². The molecular formula is C12H23FN4O. The van der Waals surface area contributed by atoms with Gasteiger partial charge in [-0.3, -0.25) is 0 Å². The van der Waals surface area contributed by atoms with Gasteiger partial charge in [0.25, 0.3) is 0 Å². The van der Waals surface area contributed by atoms with Crippen LogP contribution in [0.5, 0.6) is 0 Å². The lowest BCUT2D eigenvalue weighted by Gasteiger charge is -2.24. The van der Waals surface area contributed by atoms with E-state index in [9.17, 15) is 4.39 Å². The van der Waals surface area contributed by atoms with E-state index in [0.717, 1.165) is 13.0 Å². The topological polar surface area (TPSA) is 66.0 Å². The number of nitrogens with zero attached hydrogens (tertiary/aromatic N) is 3. The van der Waals surface area contributed by atoms with Crippen LogP contribution in [0.3, 0.4) is 0 Å². The van der Waals surface area contributed by atoms with Gasteiger partial charge in [-0.2, -0.15) is 5.10 Å². The van der Waals surface area contributed by atoms with Gasteiger partial charge in [0.1, 0.15) is 17.8 Å². The number of halogens is 1. The third-order valence-corrected chi connectivity index (χ3v) is 2.84. The average Bonchev–Trinajstić information content (AvgIpc) is 2.75. The molecule has 0 fully saturated rings. The second kappa shape index (κ2) is 7.43. The standard InChI is InChI=1S/C12H23FN4O/c1-3-7-17-11(15-10-16-17)8-12(13,9-18-2)5-4-6-14/h10H,3-9,14H2,1-2H3. The molecule has 0 saturated carbocycles. The van der Waals surface area contributed by atoms with Crippen molar-refractivity contribution in [3.8, 4) is 0 Å². The molecule has 1 rings (SSSR count). The van der Waals surface area contributed by atoms with Crippen LogP contribution in [-0.2, 0) is 17.7 Å². The Hall–Kier alpha value is -1.01. The van der Waals surface area contributed by atoms with Crippen LogP contribution in [0.1, 0.15) is 32.0 Å². The van der Waals surface area contributed by atoms with Crippen molar-refractivity contribution in [2.24, 2.45) is 5.73 Å². The summed E-state index contributed by atoms with van der Waals surface area (Å²) in [5.41, 5.74) is 4.03. The highest BCUT2D eigenvalue weighted by atomic mass is 19.1. The van der Waals surface area contributed by atoms with E-state index >= 15 is 0 Å². The van der Waals surface area contributed by atoms with Gasteiger partial charge in [0.15, 0.2) is 0 Å². The predicted octanol–water partition coefficient (Wildman–Crippen LogP) is 1.32. The Morgan fingerprint density at radius 3 is 2.94 bits per heavy atom. The summed E-state index contributed by atoms with van der Waals surface area (Å²) in [6, 6.07) is 0. The number of ether oxygens (including phenoxy) is 1. The SMILES string of the molecule is CCCn1ncnc1CC(F)(CCCN)COC. The number of aryl methyl sites for hydroxylation is 1. The lowest BCUT2D eigenvalue weighted by Crippen LogP contribution is -2.33.